The quantitative estimate of drug-likeness (QED) is 0.792. The standard InChI is InChI=1S/C16H25N3O4S/c1-18(2)24(20,21)19-9-6-15-16(12-19,7-4-10-22-15)13-23-14-5-3-8-17-11-14/h3,5,8,11,15H,4,6-7,9-10,12-13H2,1-2H3. The lowest BCUT2D eigenvalue weighted by atomic mass is 9.73. The van der Waals surface area contributed by atoms with Crippen LogP contribution in [-0.2, 0) is 14.9 Å². The third-order valence-electron chi connectivity index (χ3n) is 4.90. The van der Waals surface area contributed by atoms with Gasteiger partial charge in [0.1, 0.15) is 5.75 Å². The minimum Gasteiger partial charge on any atom is -0.491 e. The minimum atomic E-state index is -3.43. The lowest BCUT2D eigenvalue weighted by molar-refractivity contribution is -0.128. The van der Waals surface area contributed by atoms with E-state index >= 15 is 0 Å². The van der Waals surface area contributed by atoms with Crippen LogP contribution in [-0.4, -0.2) is 68.5 Å². The zero-order valence-electron chi connectivity index (χ0n) is 14.2. The summed E-state index contributed by atoms with van der Waals surface area (Å²) in [6, 6.07) is 3.69. The Balaban J connectivity index is 1.79. The fourth-order valence-electron chi connectivity index (χ4n) is 3.55. The molecule has 2 fully saturated rings. The summed E-state index contributed by atoms with van der Waals surface area (Å²) in [5.74, 6) is 0.698. The van der Waals surface area contributed by atoms with Gasteiger partial charge in [-0.05, 0) is 31.4 Å². The number of piperidine rings is 1. The van der Waals surface area contributed by atoms with Crippen LogP contribution in [0.4, 0.5) is 0 Å². The van der Waals surface area contributed by atoms with Gasteiger partial charge < -0.3 is 9.47 Å². The topological polar surface area (TPSA) is 72.0 Å². The first-order chi connectivity index (χ1) is 11.4. The number of hydrogen-bond acceptors (Lipinski definition) is 5. The van der Waals surface area contributed by atoms with Gasteiger partial charge in [0.2, 0.25) is 0 Å². The van der Waals surface area contributed by atoms with Crippen LogP contribution in [0, 0.1) is 5.41 Å². The van der Waals surface area contributed by atoms with E-state index in [0.717, 1.165) is 19.4 Å². The van der Waals surface area contributed by atoms with Crippen molar-refractivity contribution in [3.63, 3.8) is 0 Å². The molecule has 0 bridgehead atoms. The van der Waals surface area contributed by atoms with Gasteiger partial charge in [0.25, 0.3) is 10.2 Å². The Kier molecular flexibility index (Phi) is 5.10. The molecular formula is C16H25N3O4S. The number of aromatic nitrogens is 1. The van der Waals surface area contributed by atoms with E-state index in [-0.39, 0.29) is 11.5 Å². The summed E-state index contributed by atoms with van der Waals surface area (Å²) in [6.07, 6.45) is 5.93. The van der Waals surface area contributed by atoms with E-state index in [0.29, 0.717) is 31.9 Å². The molecule has 3 heterocycles. The molecule has 7 nitrogen and oxygen atoms in total. The first kappa shape index (κ1) is 17.6. The molecule has 1 aromatic heterocycles. The third-order valence-corrected chi connectivity index (χ3v) is 6.79. The summed E-state index contributed by atoms with van der Waals surface area (Å²) in [4.78, 5) is 4.06. The molecule has 3 rings (SSSR count). The smallest absolute Gasteiger partial charge is 0.281 e. The van der Waals surface area contributed by atoms with Crippen molar-refractivity contribution in [2.24, 2.45) is 5.41 Å². The first-order valence-corrected chi connectivity index (χ1v) is 9.66. The average molecular weight is 355 g/mol. The molecule has 134 valence electrons. The zero-order valence-corrected chi connectivity index (χ0v) is 15.0. The van der Waals surface area contributed by atoms with Crippen molar-refractivity contribution in [2.45, 2.75) is 25.4 Å². The number of pyridine rings is 1. The highest BCUT2D eigenvalue weighted by Crippen LogP contribution is 2.41. The van der Waals surface area contributed by atoms with Crippen LogP contribution in [0.5, 0.6) is 5.75 Å². The van der Waals surface area contributed by atoms with Gasteiger partial charge in [0.15, 0.2) is 0 Å². The number of nitrogens with zero attached hydrogens (tertiary/aromatic N) is 3. The van der Waals surface area contributed by atoms with E-state index in [1.165, 1.54) is 4.31 Å². The van der Waals surface area contributed by atoms with Crippen molar-refractivity contribution in [3.05, 3.63) is 24.5 Å². The van der Waals surface area contributed by atoms with Crippen LogP contribution in [0.25, 0.3) is 0 Å². The van der Waals surface area contributed by atoms with Crippen molar-refractivity contribution in [1.82, 2.24) is 13.6 Å². The average Bonchev–Trinajstić information content (AvgIpc) is 2.60. The van der Waals surface area contributed by atoms with Crippen molar-refractivity contribution < 1.29 is 17.9 Å². The molecule has 2 atom stereocenters. The van der Waals surface area contributed by atoms with E-state index in [1.54, 1.807) is 30.8 Å². The zero-order chi connectivity index (χ0) is 17.2. The summed E-state index contributed by atoms with van der Waals surface area (Å²) < 4.78 is 39.8. The van der Waals surface area contributed by atoms with Crippen molar-refractivity contribution in [3.8, 4) is 5.75 Å². The molecule has 2 unspecified atom stereocenters. The SMILES string of the molecule is CN(C)S(=O)(=O)N1CCC2OCCCC2(COc2cccnc2)C1. The van der Waals surface area contributed by atoms with Gasteiger partial charge in [-0.25, -0.2) is 0 Å². The van der Waals surface area contributed by atoms with Gasteiger partial charge in [0, 0.05) is 45.4 Å². The summed E-state index contributed by atoms with van der Waals surface area (Å²) in [5, 5.41) is 0. The van der Waals surface area contributed by atoms with E-state index < -0.39 is 10.2 Å². The lowest BCUT2D eigenvalue weighted by Crippen LogP contribution is -2.59. The second kappa shape index (κ2) is 6.95. The second-order valence-corrected chi connectivity index (χ2v) is 8.86. The molecule has 0 aliphatic carbocycles. The molecule has 8 heteroatoms. The molecule has 0 amide bonds. The molecule has 0 saturated carbocycles. The number of fused-ring (bicyclic) bond motifs is 1. The highest BCUT2D eigenvalue weighted by Gasteiger charge is 2.49. The van der Waals surface area contributed by atoms with Gasteiger partial charge in [-0.2, -0.15) is 17.0 Å². The van der Waals surface area contributed by atoms with Crippen LogP contribution >= 0.6 is 0 Å². The summed E-state index contributed by atoms with van der Waals surface area (Å²) in [6.45, 7) is 2.08. The van der Waals surface area contributed by atoms with Gasteiger partial charge in [-0.3, -0.25) is 4.98 Å². The normalized spacial score (nSPS) is 28.5. The predicted octanol–water partition coefficient (Wildman–Crippen LogP) is 1.14. The molecule has 0 radical (unpaired) electrons. The van der Waals surface area contributed by atoms with Gasteiger partial charge in [-0.15, -0.1) is 0 Å². The Morgan fingerprint density at radius 3 is 3.04 bits per heavy atom. The fourth-order valence-corrected chi connectivity index (χ4v) is 4.77. The largest absolute Gasteiger partial charge is 0.491 e. The Bertz CT molecular complexity index is 653. The van der Waals surface area contributed by atoms with Crippen molar-refractivity contribution in [1.29, 1.82) is 0 Å². The van der Waals surface area contributed by atoms with E-state index in [9.17, 15) is 8.42 Å². The summed E-state index contributed by atoms with van der Waals surface area (Å²) >= 11 is 0. The Hall–Kier alpha value is -1.22. The molecule has 0 spiro atoms. The maximum Gasteiger partial charge on any atom is 0.281 e. The predicted molar refractivity (Wildman–Crippen MR) is 89.9 cm³/mol. The fraction of sp³-hybridized carbons (Fsp3) is 0.688. The molecule has 0 N–H and O–H groups in total. The number of hydrogen-bond donors (Lipinski definition) is 0. The maximum absolute atomic E-state index is 12.5. The van der Waals surface area contributed by atoms with E-state index in [4.69, 9.17) is 9.47 Å². The highest BCUT2D eigenvalue weighted by atomic mass is 32.2. The number of ether oxygens (including phenoxy) is 2. The molecular weight excluding hydrogens is 330 g/mol. The second-order valence-electron chi connectivity index (χ2n) is 6.72. The monoisotopic (exact) mass is 355 g/mol. The Labute approximate surface area is 143 Å². The molecule has 24 heavy (non-hydrogen) atoms. The van der Waals surface area contributed by atoms with Gasteiger partial charge in [0.05, 0.1) is 18.9 Å². The van der Waals surface area contributed by atoms with Crippen LogP contribution in [0.2, 0.25) is 0 Å². The van der Waals surface area contributed by atoms with Gasteiger partial charge in [-0.1, -0.05) is 0 Å². The molecule has 2 aliphatic rings. The summed E-state index contributed by atoms with van der Waals surface area (Å²) in [7, 11) is -0.294. The van der Waals surface area contributed by atoms with Crippen LogP contribution < -0.4 is 4.74 Å². The maximum atomic E-state index is 12.5. The minimum absolute atomic E-state index is 0.0385. The van der Waals surface area contributed by atoms with Crippen LogP contribution in [0.1, 0.15) is 19.3 Å². The third kappa shape index (κ3) is 3.42. The van der Waals surface area contributed by atoms with E-state index in [1.807, 2.05) is 12.1 Å². The summed E-state index contributed by atoms with van der Waals surface area (Å²) in [5.41, 5.74) is -0.310. The van der Waals surface area contributed by atoms with Crippen molar-refractivity contribution >= 4 is 10.2 Å². The van der Waals surface area contributed by atoms with Crippen LogP contribution in [0.15, 0.2) is 24.5 Å². The molecule has 2 saturated heterocycles. The Morgan fingerprint density at radius 2 is 2.33 bits per heavy atom. The Morgan fingerprint density at radius 1 is 1.50 bits per heavy atom. The molecule has 0 aromatic carbocycles. The van der Waals surface area contributed by atoms with Gasteiger partial charge >= 0.3 is 0 Å². The van der Waals surface area contributed by atoms with Crippen LogP contribution in [0.3, 0.4) is 0 Å². The number of rotatable bonds is 5. The molecule has 1 aromatic rings. The highest BCUT2D eigenvalue weighted by molar-refractivity contribution is 7.86. The lowest BCUT2D eigenvalue weighted by Gasteiger charge is -2.49. The first-order valence-electron chi connectivity index (χ1n) is 8.26. The van der Waals surface area contributed by atoms with Crippen molar-refractivity contribution in [2.75, 3.05) is 40.4 Å². The van der Waals surface area contributed by atoms with E-state index in [2.05, 4.69) is 4.98 Å². The molecule has 2 aliphatic heterocycles.